The number of rotatable bonds is 5. The molecular weight excluding hydrogens is 426 g/mol. The zero-order chi connectivity index (χ0) is 22.5. The summed E-state index contributed by atoms with van der Waals surface area (Å²) >= 11 is 1.52. The fraction of sp³-hybridized carbons (Fsp3) is 0.652. The van der Waals surface area contributed by atoms with E-state index in [0.717, 1.165) is 44.1 Å². The first-order valence-electron chi connectivity index (χ1n) is 11.6. The monoisotopic (exact) mass is 457 g/mol. The van der Waals surface area contributed by atoms with Crippen LogP contribution in [0.15, 0.2) is 16.8 Å². The van der Waals surface area contributed by atoms with Gasteiger partial charge in [-0.3, -0.25) is 14.4 Å². The van der Waals surface area contributed by atoms with Crippen LogP contribution in [-0.4, -0.2) is 83.8 Å². The van der Waals surface area contributed by atoms with Crippen LogP contribution in [0, 0.1) is 17.2 Å². The molecule has 1 N–H and O–H groups in total. The number of carbonyl (C=O) groups excluding carboxylic acids is 3. The van der Waals surface area contributed by atoms with Gasteiger partial charge in [0, 0.05) is 50.1 Å². The Labute approximate surface area is 193 Å². The molecule has 8 nitrogen and oxygen atoms in total. The van der Waals surface area contributed by atoms with Crippen molar-refractivity contribution in [2.45, 2.75) is 50.6 Å². The van der Waals surface area contributed by atoms with Crippen molar-refractivity contribution >= 4 is 29.1 Å². The van der Waals surface area contributed by atoms with E-state index in [9.17, 15) is 14.4 Å². The fourth-order valence-electron chi connectivity index (χ4n) is 5.03. The molecule has 3 aliphatic rings. The molecule has 0 bridgehead atoms. The Morgan fingerprint density at radius 3 is 2.41 bits per heavy atom. The van der Waals surface area contributed by atoms with Gasteiger partial charge in [0.25, 0.3) is 5.91 Å². The number of piperazine rings is 1. The Kier molecular flexibility index (Phi) is 7.43. The molecule has 0 spiro atoms. The highest BCUT2D eigenvalue weighted by atomic mass is 32.1. The van der Waals surface area contributed by atoms with Crippen LogP contribution in [0.2, 0.25) is 0 Å². The van der Waals surface area contributed by atoms with E-state index in [2.05, 4.69) is 11.4 Å². The molecule has 1 aliphatic carbocycles. The van der Waals surface area contributed by atoms with Crippen LogP contribution in [0.4, 0.5) is 0 Å². The Bertz CT molecular complexity index is 851. The molecule has 1 atom stereocenters. The summed E-state index contributed by atoms with van der Waals surface area (Å²) in [5.74, 6) is 0.289. The van der Waals surface area contributed by atoms with E-state index in [4.69, 9.17) is 5.26 Å². The van der Waals surface area contributed by atoms with Gasteiger partial charge in [0.05, 0.1) is 18.2 Å². The number of thiophene rings is 1. The molecule has 4 rings (SSSR count). The molecule has 9 heteroatoms. The van der Waals surface area contributed by atoms with Crippen LogP contribution in [0.3, 0.4) is 0 Å². The SMILES string of the molecule is N#C[C@@H]1CCCN1C(=O)CNC1CCC(C(=O)N2CCN(C(=O)c3ccsc3)CC2)CC1. The summed E-state index contributed by atoms with van der Waals surface area (Å²) in [5.41, 5.74) is 0.729. The summed E-state index contributed by atoms with van der Waals surface area (Å²) in [7, 11) is 0. The summed E-state index contributed by atoms with van der Waals surface area (Å²) in [6.45, 7) is 3.29. The predicted molar refractivity (Wildman–Crippen MR) is 121 cm³/mol. The number of hydrogen-bond acceptors (Lipinski definition) is 6. The second-order valence-electron chi connectivity index (χ2n) is 8.93. The zero-order valence-corrected chi connectivity index (χ0v) is 19.2. The Hall–Kier alpha value is -2.44. The molecule has 1 aromatic heterocycles. The summed E-state index contributed by atoms with van der Waals surface area (Å²) in [4.78, 5) is 43.3. The number of nitrogens with zero attached hydrogens (tertiary/aromatic N) is 4. The van der Waals surface area contributed by atoms with E-state index >= 15 is 0 Å². The van der Waals surface area contributed by atoms with Crippen LogP contribution < -0.4 is 5.32 Å². The molecule has 0 radical (unpaired) electrons. The zero-order valence-electron chi connectivity index (χ0n) is 18.4. The molecule has 1 saturated carbocycles. The molecule has 3 fully saturated rings. The van der Waals surface area contributed by atoms with Crippen molar-refractivity contribution in [3.8, 4) is 6.07 Å². The van der Waals surface area contributed by atoms with Crippen molar-refractivity contribution in [2.24, 2.45) is 5.92 Å². The van der Waals surface area contributed by atoms with Gasteiger partial charge in [-0.2, -0.15) is 16.6 Å². The number of carbonyl (C=O) groups is 3. The van der Waals surface area contributed by atoms with E-state index in [0.29, 0.717) is 32.7 Å². The quantitative estimate of drug-likeness (QED) is 0.726. The van der Waals surface area contributed by atoms with Gasteiger partial charge in [-0.05, 0) is 50.0 Å². The highest BCUT2D eigenvalue weighted by Gasteiger charge is 2.33. The molecule has 172 valence electrons. The van der Waals surface area contributed by atoms with Crippen molar-refractivity contribution in [1.82, 2.24) is 20.0 Å². The topological polar surface area (TPSA) is 96.8 Å². The minimum absolute atomic E-state index is 0.00196. The van der Waals surface area contributed by atoms with Crippen LogP contribution >= 0.6 is 11.3 Å². The molecule has 32 heavy (non-hydrogen) atoms. The minimum atomic E-state index is -0.279. The van der Waals surface area contributed by atoms with Crippen LogP contribution in [0.25, 0.3) is 0 Å². The minimum Gasteiger partial charge on any atom is -0.339 e. The lowest BCUT2D eigenvalue weighted by Gasteiger charge is -2.38. The second-order valence-corrected chi connectivity index (χ2v) is 9.71. The third kappa shape index (κ3) is 5.13. The molecule has 3 heterocycles. The lowest BCUT2D eigenvalue weighted by atomic mass is 9.85. The van der Waals surface area contributed by atoms with Gasteiger partial charge in [0.1, 0.15) is 6.04 Å². The number of likely N-dealkylation sites (tertiary alicyclic amines) is 1. The van der Waals surface area contributed by atoms with Crippen LogP contribution in [0.1, 0.15) is 48.9 Å². The highest BCUT2D eigenvalue weighted by molar-refractivity contribution is 7.08. The average Bonchev–Trinajstić information content (AvgIpc) is 3.54. The molecular formula is C23H31N5O3S. The van der Waals surface area contributed by atoms with Crippen molar-refractivity contribution < 1.29 is 14.4 Å². The lowest BCUT2D eigenvalue weighted by molar-refractivity contribution is -0.138. The number of nitrogens with one attached hydrogen (secondary N) is 1. The van der Waals surface area contributed by atoms with E-state index in [-0.39, 0.29) is 42.3 Å². The smallest absolute Gasteiger partial charge is 0.254 e. The highest BCUT2D eigenvalue weighted by Crippen LogP contribution is 2.27. The predicted octanol–water partition coefficient (Wildman–Crippen LogP) is 1.70. The number of hydrogen-bond donors (Lipinski definition) is 1. The van der Waals surface area contributed by atoms with Crippen LogP contribution in [0.5, 0.6) is 0 Å². The molecule has 3 amide bonds. The normalized spacial score (nSPS) is 26.1. The summed E-state index contributed by atoms with van der Waals surface area (Å²) in [6, 6.07) is 4.02. The first kappa shape index (κ1) is 22.7. The molecule has 1 aromatic rings. The summed E-state index contributed by atoms with van der Waals surface area (Å²) in [6.07, 6.45) is 5.07. The van der Waals surface area contributed by atoms with Gasteiger partial charge in [0.2, 0.25) is 11.8 Å². The fourth-order valence-corrected chi connectivity index (χ4v) is 5.66. The molecule has 2 saturated heterocycles. The van der Waals surface area contributed by atoms with Gasteiger partial charge < -0.3 is 20.0 Å². The maximum Gasteiger partial charge on any atom is 0.254 e. The van der Waals surface area contributed by atoms with E-state index in [1.807, 2.05) is 26.6 Å². The Morgan fingerprint density at radius 2 is 1.75 bits per heavy atom. The van der Waals surface area contributed by atoms with Crippen LogP contribution in [-0.2, 0) is 9.59 Å². The van der Waals surface area contributed by atoms with Gasteiger partial charge in [-0.25, -0.2) is 0 Å². The maximum absolute atomic E-state index is 13.0. The van der Waals surface area contributed by atoms with Crippen molar-refractivity contribution in [3.63, 3.8) is 0 Å². The van der Waals surface area contributed by atoms with Gasteiger partial charge >= 0.3 is 0 Å². The Morgan fingerprint density at radius 1 is 1.03 bits per heavy atom. The lowest BCUT2D eigenvalue weighted by Crippen LogP contribution is -2.52. The van der Waals surface area contributed by atoms with Crippen molar-refractivity contribution in [1.29, 1.82) is 5.26 Å². The van der Waals surface area contributed by atoms with Gasteiger partial charge in [0.15, 0.2) is 0 Å². The average molecular weight is 458 g/mol. The molecule has 0 aromatic carbocycles. The number of nitriles is 1. The Balaban J connectivity index is 1.17. The molecule has 0 unspecified atom stereocenters. The number of amides is 3. The third-order valence-electron chi connectivity index (χ3n) is 6.99. The van der Waals surface area contributed by atoms with Gasteiger partial charge in [-0.1, -0.05) is 0 Å². The second kappa shape index (κ2) is 10.5. The largest absolute Gasteiger partial charge is 0.339 e. The third-order valence-corrected chi connectivity index (χ3v) is 7.67. The maximum atomic E-state index is 13.0. The summed E-state index contributed by atoms with van der Waals surface area (Å²) in [5, 5.41) is 16.3. The molecule has 2 aliphatic heterocycles. The van der Waals surface area contributed by atoms with E-state index in [1.54, 1.807) is 4.90 Å². The standard InChI is InChI=1S/C23H31N5O3S/c24-14-20-2-1-8-28(20)21(29)15-25-19-5-3-17(4-6-19)22(30)26-9-11-27(12-10-26)23(31)18-7-13-32-16-18/h7,13,16-17,19-20,25H,1-6,8-12,15H2/t17?,19?,20-/m0/s1. The van der Waals surface area contributed by atoms with E-state index < -0.39 is 0 Å². The van der Waals surface area contributed by atoms with E-state index in [1.165, 1.54) is 11.3 Å². The first-order valence-corrected chi connectivity index (χ1v) is 12.5. The van der Waals surface area contributed by atoms with Crippen molar-refractivity contribution in [3.05, 3.63) is 22.4 Å². The summed E-state index contributed by atoms with van der Waals surface area (Å²) < 4.78 is 0. The first-order chi connectivity index (χ1) is 15.6. The van der Waals surface area contributed by atoms with Crippen molar-refractivity contribution in [2.75, 3.05) is 39.3 Å². The van der Waals surface area contributed by atoms with Gasteiger partial charge in [-0.15, -0.1) is 0 Å².